The van der Waals surface area contributed by atoms with Crippen molar-refractivity contribution in [3.63, 3.8) is 0 Å². The molecule has 0 saturated heterocycles. The van der Waals surface area contributed by atoms with Gasteiger partial charge in [-0.3, -0.25) is 9.89 Å². The van der Waals surface area contributed by atoms with Crippen LogP contribution in [-0.2, 0) is 6.54 Å². The molecule has 0 radical (unpaired) electrons. The smallest absolute Gasteiger partial charge is 0.274 e. The first-order valence-corrected chi connectivity index (χ1v) is 8.25. The highest BCUT2D eigenvalue weighted by Crippen LogP contribution is 2.18. The summed E-state index contributed by atoms with van der Waals surface area (Å²) in [6.07, 6.45) is 0. The molecular weight excluding hydrogens is 349 g/mol. The normalized spacial score (nSPS) is 10.9. The standard InChI is InChI=1S/C19H16FN5O2/c1-27-16-4-2-3-14(9-16)21-11-15-10-17(26)25-19(22-15)23-18(24-25)12-5-7-13(20)8-6-12/h2-10,21H,11H2,1H3,(H,22,23,24). The van der Waals surface area contributed by atoms with Gasteiger partial charge in [0, 0.05) is 23.4 Å². The molecule has 0 fully saturated rings. The van der Waals surface area contributed by atoms with Gasteiger partial charge in [0.15, 0.2) is 5.82 Å². The summed E-state index contributed by atoms with van der Waals surface area (Å²) in [5.74, 6) is 1.09. The Morgan fingerprint density at radius 1 is 1.15 bits per heavy atom. The summed E-state index contributed by atoms with van der Waals surface area (Å²) < 4.78 is 19.5. The summed E-state index contributed by atoms with van der Waals surface area (Å²) in [7, 11) is 1.60. The van der Waals surface area contributed by atoms with Crippen LogP contribution in [0.4, 0.5) is 10.1 Å². The molecule has 0 aliphatic carbocycles. The first-order chi connectivity index (χ1) is 13.1. The Morgan fingerprint density at radius 3 is 2.74 bits per heavy atom. The fourth-order valence-corrected chi connectivity index (χ4v) is 2.68. The molecule has 0 atom stereocenters. The molecule has 8 heteroatoms. The molecule has 7 nitrogen and oxygen atoms in total. The number of H-pyrrole nitrogens is 1. The Balaban J connectivity index is 1.61. The van der Waals surface area contributed by atoms with E-state index in [-0.39, 0.29) is 17.2 Å². The van der Waals surface area contributed by atoms with Crippen molar-refractivity contribution >= 4 is 11.5 Å². The average molecular weight is 365 g/mol. The summed E-state index contributed by atoms with van der Waals surface area (Å²) in [4.78, 5) is 21.1. The Hall–Kier alpha value is -3.68. The quantitative estimate of drug-likeness (QED) is 0.568. The molecule has 0 unspecified atom stereocenters. The van der Waals surface area contributed by atoms with Crippen LogP contribution in [0.3, 0.4) is 0 Å². The second-order valence-corrected chi connectivity index (χ2v) is 5.89. The number of ether oxygens (including phenoxy) is 1. The third-order valence-electron chi connectivity index (χ3n) is 4.04. The lowest BCUT2D eigenvalue weighted by Gasteiger charge is -2.07. The van der Waals surface area contributed by atoms with Crippen LogP contribution in [0.25, 0.3) is 17.2 Å². The number of halogens is 1. The summed E-state index contributed by atoms with van der Waals surface area (Å²) in [6.45, 7) is 0.359. The zero-order valence-corrected chi connectivity index (χ0v) is 14.4. The largest absolute Gasteiger partial charge is 0.497 e. The van der Waals surface area contributed by atoms with Crippen molar-refractivity contribution in [2.24, 2.45) is 0 Å². The predicted molar refractivity (Wildman–Crippen MR) is 99.3 cm³/mol. The van der Waals surface area contributed by atoms with Gasteiger partial charge in [0.1, 0.15) is 11.6 Å². The number of fused-ring (bicyclic) bond motifs is 1. The van der Waals surface area contributed by atoms with Crippen LogP contribution in [-0.4, -0.2) is 26.7 Å². The summed E-state index contributed by atoms with van der Waals surface area (Å²) in [5.41, 5.74) is 1.80. The molecule has 2 N–H and O–H groups in total. The van der Waals surface area contributed by atoms with Crippen molar-refractivity contribution in [2.45, 2.75) is 6.54 Å². The molecule has 4 rings (SSSR count). The molecule has 0 amide bonds. The summed E-state index contributed by atoms with van der Waals surface area (Å²) in [6, 6.07) is 14.8. The predicted octanol–water partition coefficient (Wildman–Crippen LogP) is 2.84. The van der Waals surface area contributed by atoms with E-state index in [2.05, 4.69) is 20.4 Å². The number of aromatic amines is 1. The van der Waals surface area contributed by atoms with Crippen LogP contribution in [0, 0.1) is 5.82 Å². The third-order valence-corrected chi connectivity index (χ3v) is 4.04. The lowest BCUT2D eigenvalue weighted by molar-refractivity contribution is 0.415. The molecule has 4 aromatic rings. The van der Waals surface area contributed by atoms with Crippen molar-refractivity contribution in [3.05, 3.63) is 76.5 Å². The first-order valence-electron chi connectivity index (χ1n) is 8.25. The average Bonchev–Trinajstić information content (AvgIpc) is 3.12. The van der Waals surface area contributed by atoms with E-state index in [0.717, 1.165) is 11.4 Å². The fraction of sp³-hybridized carbons (Fsp3) is 0.105. The van der Waals surface area contributed by atoms with Crippen LogP contribution in [0.1, 0.15) is 5.69 Å². The number of rotatable bonds is 5. The van der Waals surface area contributed by atoms with Gasteiger partial charge in [-0.25, -0.2) is 9.37 Å². The molecule has 136 valence electrons. The number of methoxy groups -OCH3 is 1. The molecule has 0 aliphatic heterocycles. The van der Waals surface area contributed by atoms with E-state index in [9.17, 15) is 9.18 Å². The maximum Gasteiger partial charge on any atom is 0.274 e. The topological polar surface area (TPSA) is 84.3 Å². The lowest BCUT2D eigenvalue weighted by atomic mass is 10.2. The van der Waals surface area contributed by atoms with Gasteiger partial charge in [-0.2, -0.15) is 9.50 Å². The van der Waals surface area contributed by atoms with E-state index in [0.29, 0.717) is 23.6 Å². The van der Waals surface area contributed by atoms with Gasteiger partial charge in [-0.1, -0.05) is 6.07 Å². The SMILES string of the molecule is COc1cccc(NCc2cc(=O)n3[nH]c(-c4ccc(F)cc4)nc3n2)c1. The highest BCUT2D eigenvalue weighted by atomic mass is 19.1. The van der Waals surface area contributed by atoms with Gasteiger partial charge in [-0.05, 0) is 36.4 Å². The number of nitrogens with zero attached hydrogens (tertiary/aromatic N) is 3. The molecule has 0 bridgehead atoms. The number of hydrogen-bond acceptors (Lipinski definition) is 5. The second kappa shape index (κ2) is 6.91. The molecular formula is C19H16FN5O2. The van der Waals surface area contributed by atoms with Gasteiger partial charge < -0.3 is 10.1 Å². The number of nitrogens with one attached hydrogen (secondary N) is 2. The van der Waals surface area contributed by atoms with Crippen LogP contribution < -0.4 is 15.6 Å². The van der Waals surface area contributed by atoms with Gasteiger partial charge in [0.25, 0.3) is 11.3 Å². The molecule has 0 saturated carbocycles. The number of hydrogen-bond donors (Lipinski definition) is 2. The minimum Gasteiger partial charge on any atom is -0.497 e. The molecule has 2 aromatic heterocycles. The first kappa shape index (κ1) is 16.8. The Bertz CT molecular complexity index is 1150. The van der Waals surface area contributed by atoms with Gasteiger partial charge in [0.2, 0.25) is 0 Å². The maximum atomic E-state index is 13.1. The molecule has 2 aromatic carbocycles. The van der Waals surface area contributed by atoms with Crippen molar-refractivity contribution in [3.8, 4) is 17.1 Å². The van der Waals surface area contributed by atoms with E-state index < -0.39 is 0 Å². The van der Waals surface area contributed by atoms with Crippen LogP contribution >= 0.6 is 0 Å². The number of aromatic nitrogens is 4. The van der Waals surface area contributed by atoms with Gasteiger partial charge >= 0.3 is 0 Å². The maximum absolute atomic E-state index is 13.1. The highest BCUT2D eigenvalue weighted by molar-refractivity contribution is 5.56. The van der Waals surface area contributed by atoms with Gasteiger partial charge in [0.05, 0.1) is 19.3 Å². The number of benzene rings is 2. The molecule has 0 spiro atoms. The monoisotopic (exact) mass is 365 g/mol. The van der Waals surface area contributed by atoms with Gasteiger partial charge in [-0.15, -0.1) is 0 Å². The van der Waals surface area contributed by atoms with Crippen molar-refractivity contribution in [2.75, 3.05) is 12.4 Å². The zero-order valence-electron chi connectivity index (χ0n) is 14.4. The number of anilines is 1. The highest BCUT2D eigenvalue weighted by Gasteiger charge is 2.10. The molecule has 0 aliphatic rings. The Morgan fingerprint density at radius 2 is 1.96 bits per heavy atom. The minimum atomic E-state index is -0.337. The van der Waals surface area contributed by atoms with Crippen LogP contribution in [0.2, 0.25) is 0 Å². The van der Waals surface area contributed by atoms with Crippen LogP contribution in [0.5, 0.6) is 5.75 Å². The summed E-state index contributed by atoms with van der Waals surface area (Å²) in [5, 5.41) is 6.09. The molecule has 27 heavy (non-hydrogen) atoms. The van der Waals surface area contributed by atoms with E-state index in [1.165, 1.54) is 22.7 Å². The van der Waals surface area contributed by atoms with E-state index >= 15 is 0 Å². The van der Waals surface area contributed by atoms with E-state index in [4.69, 9.17) is 4.74 Å². The van der Waals surface area contributed by atoms with Crippen molar-refractivity contribution in [1.29, 1.82) is 0 Å². The van der Waals surface area contributed by atoms with E-state index in [1.807, 2.05) is 24.3 Å². The third kappa shape index (κ3) is 3.50. The Kier molecular flexibility index (Phi) is 4.29. The zero-order chi connectivity index (χ0) is 18.8. The minimum absolute atomic E-state index is 0.254. The fourth-order valence-electron chi connectivity index (χ4n) is 2.68. The van der Waals surface area contributed by atoms with Crippen LogP contribution in [0.15, 0.2) is 59.4 Å². The Labute approximate surface area is 153 Å². The second-order valence-electron chi connectivity index (χ2n) is 5.89. The summed E-state index contributed by atoms with van der Waals surface area (Å²) >= 11 is 0. The van der Waals surface area contributed by atoms with E-state index in [1.54, 1.807) is 19.2 Å². The van der Waals surface area contributed by atoms with Crippen molar-refractivity contribution in [1.82, 2.24) is 19.6 Å². The molecule has 2 heterocycles. The van der Waals surface area contributed by atoms with Crippen molar-refractivity contribution < 1.29 is 9.13 Å². The lowest BCUT2D eigenvalue weighted by Crippen LogP contribution is -2.17.